The molecule has 6 rings (SSSR count). The van der Waals surface area contributed by atoms with Crippen LogP contribution in [-0.4, -0.2) is 0 Å². The normalized spacial score (nSPS) is 15.3. The highest BCUT2D eigenvalue weighted by Crippen LogP contribution is 2.40. The lowest BCUT2D eigenvalue weighted by atomic mass is 9.78. The van der Waals surface area contributed by atoms with E-state index in [1.807, 2.05) is 36.7 Å². The van der Waals surface area contributed by atoms with Crippen LogP contribution >= 0.6 is 0 Å². The highest BCUT2D eigenvalue weighted by atomic mass is 14.8. The minimum atomic E-state index is 1.15. The minimum Gasteiger partial charge on any atom is -0.368 e. The molecule has 0 spiro atoms. The topological polar surface area (TPSA) is 12.0 Å². The molecule has 0 unspecified atom stereocenters. The van der Waals surface area contributed by atoms with Crippen LogP contribution in [0.2, 0.25) is 0 Å². The fourth-order valence-electron chi connectivity index (χ4n) is 4.75. The van der Waals surface area contributed by atoms with Crippen molar-refractivity contribution in [2.24, 2.45) is 0 Å². The van der Waals surface area contributed by atoms with E-state index in [4.69, 9.17) is 0 Å². The third-order valence-corrected chi connectivity index (χ3v) is 6.26. The first kappa shape index (κ1) is 19.4. The smallest absolute Gasteiger partial charge is 0.000442 e. The van der Waals surface area contributed by atoms with Gasteiger partial charge in [-0.15, -0.1) is 0 Å². The van der Waals surface area contributed by atoms with E-state index in [1.165, 1.54) is 52.7 Å². The molecule has 0 amide bonds. The summed E-state index contributed by atoms with van der Waals surface area (Å²) in [5.74, 6) is 0. The summed E-state index contributed by atoms with van der Waals surface area (Å²) < 4.78 is 0. The molecule has 3 aliphatic rings. The average molecular weight is 402 g/mol. The van der Waals surface area contributed by atoms with Crippen LogP contribution in [0.1, 0.15) is 34.2 Å². The molecule has 0 saturated carbocycles. The molecule has 152 valence electrons. The Morgan fingerprint density at radius 3 is 2.13 bits per heavy atom. The first-order valence-corrected chi connectivity index (χ1v) is 11.1. The zero-order valence-corrected chi connectivity index (χ0v) is 17.7. The van der Waals surface area contributed by atoms with E-state index in [9.17, 15) is 0 Å². The van der Waals surface area contributed by atoms with Gasteiger partial charge in [0.15, 0.2) is 0 Å². The van der Waals surface area contributed by atoms with Crippen molar-refractivity contribution in [3.8, 4) is 11.1 Å². The van der Waals surface area contributed by atoms with Crippen LogP contribution in [0.5, 0.6) is 0 Å². The zero-order valence-electron chi connectivity index (χ0n) is 17.7. The molecule has 0 fully saturated rings. The maximum absolute atomic E-state index is 2.92. The molecule has 1 N–H and O–H groups in total. The summed E-state index contributed by atoms with van der Waals surface area (Å²) in [4.78, 5) is 0. The van der Waals surface area contributed by atoms with Gasteiger partial charge < -0.3 is 5.32 Å². The maximum Gasteiger partial charge on any atom is 0.000442 e. The quantitative estimate of drug-likeness (QED) is 0.458. The van der Waals surface area contributed by atoms with E-state index >= 15 is 0 Å². The molecule has 0 atom stereocenters. The highest BCUT2D eigenvalue weighted by Gasteiger charge is 2.22. The molecule has 1 nitrogen and oxygen atoms in total. The third kappa shape index (κ3) is 4.18. The van der Waals surface area contributed by atoms with E-state index < -0.39 is 0 Å². The molecule has 0 aromatic heterocycles. The van der Waals surface area contributed by atoms with Crippen LogP contribution in [-0.2, 0) is 19.3 Å². The number of rotatable bonds is 1. The Kier molecular flexibility index (Phi) is 5.66. The Morgan fingerprint density at radius 1 is 0.548 bits per heavy atom. The second kappa shape index (κ2) is 9.06. The first-order chi connectivity index (χ1) is 15.4. The van der Waals surface area contributed by atoms with Gasteiger partial charge in [-0.2, -0.15) is 0 Å². The Labute approximate surface area is 185 Å². The van der Waals surface area contributed by atoms with Gasteiger partial charge in [0.2, 0.25) is 0 Å². The van der Waals surface area contributed by atoms with Gasteiger partial charge in [0.05, 0.1) is 0 Å². The summed E-state index contributed by atoms with van der Waals surface area (Å²) in [6.07, 6.45) is 18.7. The van der Waals surface area contributed by atoms with Gasteiger partial charge in [0, 0.05) is 12.4 Å². The van der Waals surface area contributed by atoms with Crippen LogP contribution in [0, 0.1) is 0 Å². The molecule has 1 heteroatoms. The van der Waals surface area contributed by atoms with Gasteiger partial charge in [-0.25, -0.2) is 0 Å². The van der Waals surface area contributed by atoms with Crippen molar-refractivity contribution in [1.82, 2.24) is 5.32 Å². The second-order valence-electron chi connectivity index (χ2n) is 8.12. The van der Waals surface area contributed by atoms with Crippen molar-refractivity contribution >= 4 is 11.6 Å². The lowest BCUT2D eigenvalue weighted by Gasteiger charge is -2.26. The van der Waals surface area contributed by atoms with Crippen molar-refractivity contribution in [2.75, 3.05) is 0 Å². The van der Waals surface area contributed by atoms with E-state index in [0.29, 0.717) is 0 Å². The SMILES string of the molecule is C1=C(c2ccccc2)CCc2c1ccc1c2CCc2ccccc2-1.C1=CC=CNC=C1. The largest absolute Gasteiger partial charge is 0.368 e. The predicted octanol–water partition coefficient (Wildman–Crippen LogP) is 7.11. The molecule has 31 heavy (non-hydrogen) atoms. The van der Waals surface area contributed by atoms with Gasteiger partial charge in [-0.1, -0.05) is 85.0 Å². The lowest BCUT2D eigenvalue weighted by Crippen LogP contribution is -2.10. The summed E-state index contributed by atoms with van der Waals surface area (Å²) >= 11 is 0. The Bertz CT molecular complexity index is 1180. The van der Waals surface area contributed by atoms with Gasteiger partial charge in [-0.05, 0) is 82.4 Å². The molecule has 1 heterocycles. The maximum atomic E-state index is 2.92. The zero-order chi connectivity index (χ0) is 20.9. The van der Waals surface area contributed by atoms with E-state index in [-0.39, 0.29) is 0 Å². The molecule has 0 bridgehead atoms. The standard InChI is InChI=1S/C24H20.C6H7N/c1-2-6-17(7-3-1)19-11-13-22-20(16-19)12-15-23-21-9-5-4-8-18(21)10-14-24(22)23;1-2-4-6-7-5-3-1/h1-9,12,15-16H,10-11,13-14H2;1-7H. The second-order valence-corrected chi connectivity index (χ2v) is 8.12. The summed E-state index contributed by atoms with van der Waals surface area (Å²) in [6, 6.07) is 24.4. The van der Waals surface area contributed by atoms with Crippen molar-refractivity contribution in [1.29, 1.82) is 0 Å². The van der Waals surface area contributed by atoms with Crippen LogP contribution in [0.4, 0.5) is 0 Å². The lowest BCUT2D eigenvalue weighted by molar-refractivity contribution is 0.892. The number of hydrogen-bond acceptors (Lipinski definition) is 1. The fourth-order valence-corrected chi connectivity index (χ4v) is 4.75. The van der Waals surface area contributed by atoms with Gasteiger partial charge >= 0.3 is 0 Å². The molecular formula is C30H27N. The number of aryl methyl sites for hydroxylation is 1. The number of fused-ring (bicyclic) bond motifs is 5. The van der Waals surface area contributed by atoms with Crippen LogP contribution in [0.25, 0.3) is 22.8 Å². The summed E-state index contributed by atoms with van der Waals surface area (Å²) in [5.41, 5.74) is 11.9. The molecule has 1 aliphatic heterocycles. The van der Waals surface area contributed by atoms with Crippen LogP contribution < -0.4 is 5.32 Å². The van der Waals surface area contributed by atoms with Gasteiger partial charge in [0.1, 0.15) is 0 Å². The molecule has 3 aromatic carbocycles. The molecule has 0 saturated heterocycles. The van der Waals surface area contributed by atoms with E-state index in [2.05, 4.69) is 78.1 Å². The number of nitrogens with one attached hydrogen (secondary N) is 1. The average Bonchev–Trinajstić information content (AvgIpc) is 3.17. The van der Waals surface area contributed by atoms with Crippen LogP contribution in [0.3, 0.4) is 0 Å². The van der Waals surface area contributed by atoms with Gasteiger partial charge in [0.25, 0.3) is 0 Å². The van der Waals surface area contributed by atoms with Crippen LogP contribution in [0.15, 0.2) is 103 Å². The Hall–Kier alpha value is -3.58. The van der Waals surface area contributed by atoms with Crippen molar-refractivity contribution in [3.63, 3.8) is 0 Å². The summed E-state index contributed by atoms with van der Waals surface area (Å²) in [6.45, 7) is 0. The number of allylic oxidation sites excluding steroid dienone is 5. The Morgan fingerprint density at radius 2 is 1.29 bits per heavy atom. The molecule has 3 aromatic rings. The van der Waals surface area contributed by atoms with Gasteiger partial charge in [-0.3, -0.25) is 0 Å². The Balaban J connectivity index is 0.000000250. The molecule has 0 radical (unpaired) electrons. The number of hydrogen-bond donors (Lipinski definition) is 1. The van der Waals surface area contributed by atoms with Crippen molar-refractivity contribution in [2.45, 2.75) is 25.7 Å². The summed E-state index contributed by atoms with van der Waals surface area (Å²) in [5, 5.41) is 2.92. The molecule has 2 aliphatic carbocycles. The first-order valence-electron chi connectivity index (χ1n) is 11.1. The molecular weight excluding hydrogens is 374 g/mol. The van der Waals surface area contributed by atoms with Crippen molar-refractivity contribution in [3.05, 3.63) is 131 Å². The summed E-state index contributed by atoms with van der Waals surface area (Å²) in [7, 11) is 0. The van der Waals surface area contributed by atoms with E-state index in [1.54, 1.807) is 11.1 Å². The highest BCUT2D eigenvalue weighted by molar-refractivity contribution is 5.87. The predicted molar refractivity (Wildman–Crippen MR) is 132 cm³/mol. The third-order valence-electron chi connectivity index (χ3n) is 6.26. The van der Waals surface area contributed by atoms with Crippen molar-refractivity contribution < 1.29 is 0 Å². The monoisotopic (exact) mass is 401 g/mol. The number of benzene rings is 3. The fraction of sp³-hybridized carbons (Fsp3) is 0.133. The van der Waals surface area contributed by atoms with E-state index in [0.717, 1.165) is 6.42 Å². The minimum absolute atomic E-state index is 1.15.